The second-order valence-electron chi connectivity index (χ2n) is 5.17. The summed E-state index contributed by atoms with van der Waals surface area (Å²) < 4.78 is 0. The number of nitrogens with one attached hydrogen (secondary N) is 3. The van der Waals surface area contributed by atoms with E-state index in [2.05, 4.69) is 16.0 Å². The molecule has 0 aromatic carbocycles. The van der Waals surface area contributed by atoms with Gasteiger partial charge in [-0.2, -0.15) is 0 Å². The van der Waals surface area contributed by atoms with E-state index in [1.54, 1.807) is 7.05 Å². The van der Waals surface area contributed by atoms with E-state index >= 15 is 0 Å². The van der Waals surface area contributed by atoms with E-state index in [1.807, 2.05) is 0 Å². The van der Waals surface area contributed by atoms with E-state index in [-0.39, 0.29) is 56.5 Å². The molecular weight excluding hydrogens is 324 g/mol. The van der Waals surface area contributed by atoms with Gasteiger partial charge in [-0.3, -0.25) is 19.2 Å². The number of carbonyl (C=O) groups is 4. The van der Waals surface area contributed by atoms with Crippen molar-refractivity contribution in [1.82, 2.24) is 25.8 Å². The quantitative estimate of drug-likeness (QED) is 0.323. The molecule has 25 heavy (non-hydrogen) atoms. The van der Waals surface area contributed by atoms with Crippen LogP contribution < -0.4 is 16.0 Å². The average Bonchev–Trinajstić information content (AvgIpc) is 2.62. The zero-order valence-corrected chi connectivity index (χ0v) is 14.8. The number of likely N-dealkylation sites (N-methyl/N-ethyl adjacent to an activating group) is 2. The normalized spacial score (nSPS) is 10.0. The molecule has 0 aliphatic heterocycles. The first-order chi connectivity index (χ1) is 11.9. The summed E-state index contributed by atoms with van der Waals surface area (Å²) in [4.78, 5) is 49.4. The van der Waals surface area contributed by atoms with Gasteiger partial charge in [0.05, 0.1) is 28.8 Å². The second-order valence-corrected chi connectivity index (χ2v) is 5.17. The lowest BCUT2D eigenvalue weighted by atomic mass is 10.0. The molecule has 0 atom stereocenters. The maximum Gasteiger partial charge on any atom is 0.239 e. The molecule has 0 bridgehead atoms. The topological polar surface area (TPSA) is 111 Å². The molecule has 4 amide bonds. The highest BCUT2D eigenvalue weighted by molar-refractivity contribution is 6.20. The van der Waals surface area contributed by atoms with Crippen LogP contribution in [0.1, 0.15) is 0 Å². The van der Waals surface area contributed by atoms with Crippen molar-refractivity contribution < 1.29 is 19.2 Å². The SMILES string of the molecule is [B]CC(=O)N(CCNC(=O)CN(CCNC)C(=O)C[B])CC(=O)NC. The smallest absolute Gasteiger partial charge is 0.239 e. The summed E-state index contributed by atoms with van der Waals surface area (Å²) in [6, 6.07) is 0. The number of hydrogen-bond acceptors (Lipinski definition) is 5. The minimum Gasteiger partial charge on any atom is -0.358 e. The molecule has 0 aromatic rings. The maximum atomic E-state index is 12.0. The molecule has 9 nitrogen and oxygen atoms in total. The Morgan fingerprint density at radius 2 is 1.28 bits per heavy atom. The van der Waals surface area contributed by atoms with Gasteiger partial charge < -0.3 is 25.8 Å². The van der Waals surface area contributed by atoms with Crippen LogP contribution in [0.3, 0.4) is 0 Å². The van der Waals surface area contributed by atoms with Crippen LogP contribution in [-0.2, 0) is 19.2 Å². The molecule has 4 radical (unpaired) electrons. The molecule has 0 fully saturated rings. The predicted molar refractivity (Wildman–Crippen MR) is 95.3 cm³/mol. The van der Waals surface area contributed by atoms with E-state index < -0.39 is 5.91 Å². The standard InChI is InChI=1S/C14H25B2N5O4/c1-17-3-5-20(13(24)7-15)10-12(23)19-4-6-21(14(25)8-16)9-11(22)18-2/h17H,3-10H2,1-2H3,(H,18,22)(H,19,23). The molecule has 0 aliphatic carbocycles. The first kappa shape index (κ1) is 23.0. The van der Waals surface area contributed by atoms with Crippen molar-refractivity contribution in [2.45, 2.75) is 12.6 Å². The molecule has 0 unspecified atom stereocenters. The van der Waals surface area contributed by atoms with E-state index in [9.17, 15) is 19.2 Å². The predicted octanol–water partition coefficient (Wildman–Crippen LogP) is -3.10. The van der Waals surface area contributed by atoms with Gasteiger partial charge in [-0.1, -0.05) is 0 Å². The lowest BCUT2D eigenvalue weighted by Crippen LogP contribution is -2.46. The van der Waals surface area contributed by atoms with Gasteiger partial charge in [-0.15, -0.1) is 0 Å². The van der Waals surface area contributed by atoms with Gasteiger partial charge in [0.2, 0.25) is 23.6 Å². The highest BCUT2D eigenvalue weighted by Crippen LogP contribution is 1.94. The highest BCUT2D eigenvalue weighted by Gasteiger charge is 2.17. The first-order valence-corrected chi connectivity index (χ1v) is 7.97. The van der Waals surface area contributed by atoms with Crippen molar-refractivity contribution in [2.75, 3.05) is 53.4 Å². The average molecular weight is 349 g/mol. The van der Waals surface area contributed by atoms with Gasteiger partial charge in [-0.05, 0) is 19.7 Å². The van der Waals surface area contributed by atoms with Crippen molar-refractivity contribution in [3.63, 3.8) is 0 Å². The van der Waals surface area contributed by atoms with E-state index in [0.29, 0.717) is 13.1 Å². The molecule has 0 aromatic heterocycles. The van der Waals surface area contributed by atoms with Crippen LogP contribution in [0, 0.1) is 0 Å². The monoisotopic (exact) mass is 349 g/mol. The largest absolute Gasteiger partial charge is 0.358 e. The minimum absolute atomic E-state index is 0.127. The molecular formula is C14H25B2N5O4. The highest BCUT2D eigenvalue weighted by atomic mass is 16.2. The third-order valence-electron chi connectivity index (χ3n) is 3.34. The van der Waals surface area contributed by atoms with Crippen molar-refractivity contribution in [2.24, 2.45) is 0 Å². The zero-order valence-electron chi connectivity index (χ0n) is 14.8. The van der Waals surface area contributed by atoms with Crippen LogP contribution in [0.2, 0.25) is 12.6 Å². The summed E-state index contributed by atoms with van der Waals surface area (Å²) in [6.45, 7) is 0.896. The van der Waals surface area contributed by atoms with Crippen molar-refractivity contribution in [1.29, 1.82) is 0 Å². The molecule has 0 saturated carbocycles. The molecule has 0 saturated heterocycles. The number of nitrogens with zero attached hydrogens (tertiary/aromatic N) is 2. The Bertz CT molecular complexity index is 465. The number of amides is 4. The Morgan fingerprint density at radius 1 is 0.800 bits per heavy atom. The van der Waals surface area contributed by atoms with Crippen molar-refractivity contribution in [3.05, 3.63) is 0 Å². The Kier molecular flexibility index (Phi) is 12.2. The fraction of sp³-hybridized carbons (Fsp3) is 0.714. The van der Waals surface area contributed by atoms with Gasteiger partial charge in [0, 0.05) is 33.2 Å². The summed E-state index contributed by atoms with van der Waals surface area (Å²) in [6.07, 6.45) is -0.407. The molecule has 0 aliphatic rings. The Morgan fingerprint density at radius 3 is 1.72 bits per heavy atom. The zero-order chi connectivity index (χ0) is 19.2. The van der Waals surface area contributed by atoms with Crippen LogP contribution in [0.5, 0.6) is 0 Å². The van der Waals surface area contributed by atoms with Crippen LogP contribution in [0.15, 0.2) is 0 Å². The van der Waals surface area contributed by atoms with Crippen LogP contribution in [0.25, 0.3) is 0 Å². The van der Waals surface area contributed by atoms with Crippen molar-refractivity contribution >= 4 is 39.3 Å². The molecule has 0 rings (SSSR count). The number of carbonyl (C=O) groups excluding carboxylic acids is 4. The lowest BCUT2D eigenvalue weighted by molar-refractivity contribution is -0.135. The third kappa shape index (κ3) is 9.75. The number of hydrogen-bond donors (Lipinski definition) is 3. The molecule has 0 spiro atoms. The molecule has 0 heterocycles. The van der Waals surface area contributed by atoms with Crippen molar-refractivity contribution in [3.8, 4) is 0 Å². The summed E-state index contributed by atoms with van der Waals surface area (Å²) in [5.41, 5.74) is 0. The third-order valence-corrected chi connectivity index (χ3v) is 3.34. The summed E-state index contributed by atoms with van der Waals surface area (Å²) in [5, 5.41) is 7.91. The fourth-order valence-corrected chi connectivity index (χ4v) is 1.90. The van der Waals surface area contributed by atoms with Gasteiger partial charge in [0.15, 0.2) is 0 Å². The Hall–Kier alpha value is -2.03. The molecule has 11 heteroatoms. The summed E-state index contributed by atoms with van der Waals surface area (Å²) in [7, 11) is 13.8. The number of rotatable bonds is 12. The molecule has 136 valence electrons. The van der Waals surface area contributed by atoms with Gasteiger partial charge in [0.1, 0.15) is 0 Å². The van der Waals surface area contributed by atoms with Gasteiger partial charge in [-0.25, -0.2) is 0 Å². The van der Waals surface area contributed by atoms with Crippen LogP contribution >= 0.6 is 0 Å². The lowest BCUT2D eigenvalue weighted by Gasteiger charge is -2.23. The molecule has 3 N–H and O–H groups in total. The van der Waals surface area contributed by atoms with Gasteiger partial charge >= 0.3 is 0 Å². The minimum atomic E-state index is -0.396. The summed E-state index contributed by atoms with van der Waals surface area (Å²) >= 11 is 0. The summed E-state index contributed by atoms with van der Waals surface area (Å²) in [5.74, 6) is -1.44. The second kappa shape index (κ2) is 13.3. The van der Waals surface area contributed by atoms with Crippen LogP contribution in [0.4, 0.5) is 0 Å². The first-order valence-electron chi connectivity index (χ1n) is 7.97. The van der Waals surface area contributed by atoms with E-state index in [0.717, 1.165) is 0 Å². The maximum absolute atomic E-state index is 12.0. The van der Waals surface area contributed by atoms with Crippen LogP contribution in [-0.4, -0.2) is 102 Å². The fourth-order valence-electron chi connectivity index (χ4n) is 1.90. The van der Waals surface area contributed by atoms with E-state index in [1.165, 1.54) is 16.8 Å². The van der Waals surface area contributed by atoms with E-state index in [4.69, 9.17) is 15.7 Å². The van der Waals surface area contributed by atoms with Gasteiger partial charge in [0.25, 0.3) is 0 Å². The Balaban J connectivity index is 4.45. The Labute approximate surface area is 151 Å².